The van der Waals surface area contributed by atoms with Gasteiger partial charge in [0, 0.05) is 12.0 Å². The van der Waals surface area contributed by atoms with Crippen LogP contribution in [0.3, 0.4) is 0 Å². The molecule has 19 heavy (non-hydrogen) atoms. The predicted octanol–water partition coefficient (Wildman–Crippen LogP) is 3.05. The molecule has 0 aromatic heterocycles. The number of hydrogen-bond acceptors (Lipinski definition) is 3. The molecule has 2 unspecified atom stereocenters. The van der Waals surface area contributed by atoms with Crippen LogP contribution in [0.1, 0.15) is 64.2 Å². The van der Waals surface area contributed by atoms with Crippen molar-refractivity contribution in [2.45, 2.75) is 75.9 Å². The molecule has 1 N–H and O–H groups in total. The van der Waals surface area contributed by atoms with Gasteiger partial charge in [0.05, 0.1) is 24.9 Å². The van der Waals surface area contributed by atoms with Gasteiger partial charge in [0.25, 0.3) is 0 Å². The molecule has 2 aliphatic heterocycles. The molecule has 3 fully saturated rings. The Morgan fingerprint density at radius 3 is 2.53 bits per heavy atom. The lowest BCUT2D eigenvalue weighted by atomic mass is 9.78. The summed E-state index contributed by atoms with van der Waals surface area (Å²) in [6, 6.07) is 0. The fourth-order valence-electron chi connectivity index (χ4n) is 4.35. The summed E-state index contributed by atoms with van der Waals surface area (Å²) in [4.78, 5) is 0. The third-order valence-corrected chi connectivity index (χ3v) is 5.50. The van der Waals surface area contributed by atoms with Crippen LogP contribution in [0.5, 0.6) is 0 Å². The summed E-state index contributed by atoms with van der Waals surface area (Å²) >= 11 is 0. The molecule has 3 rings (SSSR count). The molecule has 0 aromatic rings. The lowest BCUT2D eigenvalue weighted by Gasteiger charge is -2.38. The van der Waals surface area contributed by atoms with E-state index < -0.39 is 0 Å². The first-order valence-electron chi connectivity index (χ1n) is 8.12. The van der Waals surface area contributed by atoms with Gasteiger partial charge >= 0.3 is 0 Å². The Balaban J connectivity index is 1.58. The third kappa shape index (κ3) is 2.98. The van der Waals surface area contributed by atoms with Crippen LogP contribution in [0.2, 0.25) is 0 Å². The zero-order chi connectivity index (χ0) is 13.2. The van der Waals surface area contributed by atoms with E-state index in [2.05, 4.69) is 0 Å². The first-order valence-corrected chi connectivity index (χ1v) is 8.12. The molecule has 0 bridgehead atoms. The van der Waals surface area contributed by atoms with Crippen molar-refractivity contribution in [2.24, 2.45) is 5.41 Å². The third-order valence-electron chi connectivity index (χ3n) is 5.50. The molecule has 0 aromatic carbocycles. The fraction of sp³-hybridized carbons (Fsp3) is 1.00. The van der Waals surface area contributed by atoms with Gasteiger partial charge in [-0.2, -0.15) is 0 Å². The zero-order valence-electron chi connectivity index (χ0n) is 12.0. The molecule has 0 amide bonds. The van der Waals surface area contributed by atoms with Crippen molar-refractivity contribution in [1.82, 2.24) is 0 Å². The maximum absolute atomic E-state index is 9.77. The van der Waals surface area contributed by atoms with Crippen LogP contribution >= 0.6 is 0 Å². The number of aliphatic hydroxyl groups excluding tert-OH is 1. The van der Waals surface area contributed by atoms with Crippen molar-refractivity contribution in [3.63, 3.8) is 0 Å². The first kappa shape index (κ1) is 13.8. The maximum atomic E-state index is 9.77. The molecule has 110 valence electrons. The van der Waals surface area contributed by atoms with E-state index in [1.165, 1.54) is 44.9 Å². The van der Waals surface area contributed by atoms with Crippen LogP contribution in [0.15, 0.2) is 0 Å². The van der Waals surface area contributed by atoms with Crippen LogP contribution in [-0.2, 0) is 9.47 Å². The van der Waals surface area contributed by atoms with Gasteiger partial charge in [-0.3, -0.25) is 0 Å². The number of rotatable bonds is 3. The smallest absolute Gasteiger partial charge is 0.0687 e. The molecule has 1 spiro atoms. The molecule has 2 atom stereocenters. The van der Waals surface area contributed by atoms with Gasteiger partial charge < -0.3 is 14.6 Å². The van der Waals surface area contributed by atoms with Crippen molar-refractivity contribution >= 4 is 0 Å². The average molecular weight is 268 g/mol. The molecule has 2 heterocycles. The summed E-state index contributed by atoms with van der Waals surface area (Å²) in [7, 11) is 0. The van der Waals surface area contributed by atoms with Gasteiger partial charge in [0.15, 0.2) is 0 Å². The summed E-state index contributed by atoms with van der Waals surface area (Å²) in [5, 5.41) is 9.77. The second-order valence-electron chi connectivity index (χ2n) is 7.04. The molecule has 1 aliphatic carbocycles. The molecular weight excluding hydrogens is 240 g/mol. The van der Waals surface area contributed by atoms with E-state index in [1.54, 1.807) is 0 Å². The normalized spacial score (nSPS) is 38.7. The Morgan fingerprint density at radius 1 is 1.00 bits per heavy atom. The van der Waals surface area contributed by atoms with Crippen LogP contribution < -0.4 is 0 Å². The van der Waals surface area contributed by atoms with E-state index in [1.807, 2.05) is 0 Å². The average Bonchev–Trinajstić information content (AvgIpc) is 2.83. The quantitative estimate of drug-likeness (QED) is 0.855. The lowest BCUT2D eigenvalue weighted by Crippen LogP contribution is -2.39. The molecular formula is C16H28O3. The van der Waals surface area contributed by atoms with Crippen LogP contribution in [0.25, 0.3) is 0 Å². The van der Waals surface area contributed by atoms with E-state index in [4.69, 9.17) is 9.47 Å². The maximum Gasteiger partial charge on any atom is 0.0687 e. The van der Waals surface area contributed by atoms with Crippen molar-refractivity contribution in [3.05, 3.63) is 0 Å². The minimum absolute atomic E-state index is 0.0247. The van der Waals surface area contributed by atoms with Gasteiger partial charge in [0.1, 0.15) is 0 Å². The van der Waals surface area contributed by atoms with Gasteiger partial charge in [-0.15, -0.1) is 0 Å². The second kappa shape index (κ2) is 5.71. The number of hydrogen-bond donors (Lipinski definition) is 1. The Bertz CT molecular complexity index is 290. The van der Waals surface area contributed by atoms with Crippen LogP contribution in [0, 0.1) is 5.41 Å². The standard InChI is InChI=1S/C16H28O3/c17-12-15(6-4-10-18-13-15)11-14-5-9-16(19-14)7-2-1-3-8-16/h14,17H,1-13H2. The van der Waals surface area contributed by atoms with Crippen molar-refractivity contribution < 1.29 is 14.6 Å². The van der Waals surface area contributed by atoms with Crippen molar-refractivity contribution in [3.8, 4) is 0 Å². The molecule has 2 saturated heterocycles. The molecule has 3 aliphatic rings. The highest BCUT2D eigenvalue weighted by Gasteiger charge is 2.44. The summed E-state index contributed by atoms with van der Waals surface area (Å²) < 4.78 is 12.1. The van der Waals surface area contributed by atoms with Crippen LogP contribution in [0.4, 0.5) is 0 Å². The van der Waals surface area contributed by atoms with E-state index in [0.29, 0.717) is 6.10 Å². The predicted molar refractivity (Wildman–Crippen MR) is 74.1 cm³/mol. The summed E-state index contributed by atoms with van der Waals surface area (Å²) in [6.45, 7) is 1.83. The first-order chi connectivity index (χ1) is 9.26. The topological polar surface area (TPSA) is 38.7 Å². The Kier molecular flexibility index (Phi) is 4.16. The van der Waals surface area contributed by atoms with E-state index >= 15 is 0 Å². The largest absolute Gasteiger partial charge is 0.396 e. The lowest BCUT2D eigenvalue weighted by molar-refractivity contribution is -0.105. The fourth-order valence-corrected chi connectivity index (χ4v) is 4.35. The van der Waals surface area contributed by atoms with E-state index in [0.717, 1.165) is 32.5 Å². The van der Waals surface area contributed by atoms with Gasteiger partial charge in [-0.25, -0.2) is 0 Å². The number of ether oxygens (including phenoxy) is 2. The summed E-state index contributed by atoms with van der Waals surface area (Å²) in [6.07, 6.45) is 12.5. The number of aliphatic hydroxyl groups is 1. The highest BCUT2D eigenvalue weighted by Crippen LogP contribution is 2.45. The second-order valence-corrected chi connectivity index (χ2v) is 7.04. The summed E-state index contributed by atoms with van der Waals surface area (Å²) in [5.41, 5.74) is 0.179. The monoisotopic (exact) mass is 268 g/mol. The van der Waals surface area contributed by atoms with Gasteiger partial charge in [-0.05, 0) is 44.9 Å². The highest BCUT2D eigenvalue weighted by molar-refractivity contribution is 4.94. The minimum Gasteiger partial charge on any atom is -0.396 e. The Morgan fingerprint density at radius 2 is 1.84 bits per heavy atom. The van der Waals surface area contributed by atoms with Gasteiger partial charge in [-0.1, -0.05) is 19.3 Å². The molecule has 3 heteroatoms. The van der Waals surface area contributed by atoms with Crippen molar-refractivity contribution in [1.29, 1.82) is 0 Å². The van der Waals surface area contributed by atoms with Gasteiger partial charge in [0.2, 0.25) is 0 Å². The molecule has 3 nitrogen and oxygen atoms in total. The minimum atomic E-state index is -0.0247. The van der Waals surface area contributed by atoms with Crippen LogP contribution in [-0.4, -0.2) is 36.6 Å². The Labute approximate surface area is 116 Å². The van der Waals surface area contributed by atoms with E-state index in [-0.39, 0.29) is 17.6 Å². The molecule has 0 radical (unpaired) electrons. The Hall–Kier alpha value is -0.120. The summed E-state index contributed by atoms with van der Waals surface area (Å²) in [5.74, 6) is 0. The van der Waals surface area contributed by atoms with E-state index in [9.17, 15) is 5.11 Å². The zero-order valence-corrected chi connectivity index (χ0v) is 12.0. The van der Waals surface area contributed by atoms with Crippen molar-refractivity contribution in [2.75, 3.05) is 19.8 Å². The highest BCUT2D eigenvalue weighted by atomic mass is 16.5. The SMILES string of the molecule is OCC1(CC2CCC3(CCCCC3)O2)CCCOC1. The molecule has 1 saturated carbocycles.